The van der Waals surface area contributed by atoms with Gasteiger partial charge in [-0.2, -0.15) is 0 Å². The van der Waals surface area contributed by atoms with Gasteiger partial charge in [-0.3, -0.25) is 4.79 Å². The fourth-order valence-electron chi connectivity index (χ4n) is 2.63. The van der Waals surface area contributed by atoms with E-state index in [4.69, 9.17) is 0 Å². The van der Waals surface area contributed by atoms with Crippen molar-refractivity contribution in [3.05, 3.63) is 93.7 Å². The second-order valence-corrected chi connectivity index (χ2v) is 6.77. The Balaban J connectivity index is 1.82. The summed E-state index contributed by atoms with van der Waals surface area (Å²) in [6.45, 7) is 2.07. The number of aromatic nitrogens is 1. The van der Waals surface area contributed by atoms with Crippen LogP contribution in [0.2, 0.25) is 0 Å². The molecule has 24 heavy (non-hydrogen) atoms. The second-order valence-electron chi connectivity index (χ2n) is 5.86. The van der Waals surface area contributed by atoms with Crippen molar-refractivity contribution in [3.63, 3.8) is 0 Å². The number of hydrogen-bond donors (Lipinski definition) is 2. The summed E-state index contributed by atoms with van der Waals surface area (Å²) in [5, 5.41) is 3.14. The van der Waals surface area contributed by atoms with Crippen LogP contribution < -0.4 is 5.32 Å². The van der Waals surface area contributed by atoms with Gasteiger partial charge in [0.2, 0.25) is 0 Å². The van der Waals surface area contributed by atoms with E-state index < -0.39 is 0 Å². The Bertz CT molecular complexity index is 809. The van der Waals surface area contributed by atoms with E-state index in [2.05, 4.69) is 57.4 Å². The molecule has 0 bridgehead atoms. The van der Waals surface area contributed by atoms with Crippen LogP contribution in [0.5, 0.6) is 0 Å². The summed E-state index contributed by atoms with van der Waals surface area (Å²) in [5.74, 6) is -0.110. The number of aromatic amines is 1. The molecular formula is C20H19BrN2O. The number of halogens is 1. The van der Waals surface area contributed by atoms with Crippen molar-refractivity contribution in [1.29, 1.82) is 0 Å². The Labute approximate surface area is 150 Å². The molecule has 0 spiro atoms. The van der Waals surface area contributed by atoms with E-state index in [9.17, 15) is 4.79 Å². The van der Waals surface area contributed by atoms with Gasteiger partial charge in [0, 0.05) is 10.7 Å². The van der Waals surface area contributed by atoms with Gasteiger partial charge in [0.15, 0.2) is 0 Å². The summed E-state index contributed by atoms with van der Waals surface area (Å²) in [6.07, 6.45) is 2.50. The maximum atomic E-state index is 12.5. The largest absolute Gasteiger partial charge is 0.356 e. The van der Waals surface area contributed by atoms with Crippen molar-refractivity contribution in [3.8, 4) is 0 Å². The van der Waals surface area contributed by atoms with Crippen LogP contribution in [0.3, 0.4) is 0 Å². The van der Waals surface area contributed by atoms with E-state index >= 15 is 0 Å². The number of H-pyrrole nitrogens is 1. The minimum Gasteiger partial charge on any atom is -0.356 e. The Morgan fingerprint density at radius 3 is 2.46 bits per heavy atom. The molecule has 1 amide bonds. The number of nitrogens with one attached hydrogen (secondary N) is 2. The minimum atomic E-state index is -0.110. The number of carbonyl (C=O) groups excluding carboxylic acids is 1. The Morgan fingerprint density at radius 2 is 1.83 bits per heavy atom. The SMILES string of the molecule is Cc1ccc(C[C@H](NC(=O)c2cc(Br)c[nH]2)c2ccccc2)cc1. The van der Waals surface area contributed by atoms with Gasteiger partial charge in [-0.25, -0.2) is 0 Å². The van der Waals surface area contributed by atoms with Crippen LogP contribution in [0, 0.1) is 6.92 Å². The van der Waals surface area contributed by atoms with Gasteiger partial charge in [-0.05, 0) is 46.5 Å². The standard InChI is InChI=1S/C20H19BrN2O/c1-14-7-9-15(10-8-14)11-18(16-5-3-2-4-6-16)23-20(24)19-12-17(21)13-22-19/h2-10,12-13,18,22H,11H2,1H3,(H,23,24)/t18-/m0/s1. The van der Waals surface area contributed by atoms with Gasteiger partial charge in [0.05, 0.1) is 6.04 Å². The third kappa shape index (κ3) is 4.15. The van der Waals surface area contributed by atoms with E-state index in [1.807, 2.05) is 30.3 Å². The lowest BCUT2D eigenvalue weighted by atomic mass is 9.98. The lowest BCUT2D eigenvalue weighted by Crippen LogP contribution is -2.30. The summed E-state index contributed by atoms with van der Waals surface area (Å²) in [5.41, 5.74) is 4.07. The van der Waals surface area contributed by atoms with E-state index in [0.29, 0.717) is 5.69 Å². The molecular weight excluding hydrogens is 364 g/mol. The highest BCUT2D eigenvalue weighted by Crippen LogP contribution is 2.20. The molecule has 1 atom stereocenters. The number of rotatable bonds is 5. The molecule has 2 aromatic carbocycles. The molecule has 1 heterocycles. The van der Waals surface area contributed by atoms with Gasteiger partial charge in [0.25, 0.3) is 5.91 Å². The predicted octanol–water partition coefficient (Wildman–Crippen LogP) is 4.80. The molecule has 0 aliphatic rings. The molecule has 4 heteroatoms. The molecule has 122 valence electrons. The van der Waals surface area contributed by atoms with Crippen LogP contribution in [0.25, 0.3) is 0 Å². The zero-order valence-corrected chi connectivity index (χ0v) is 15.0. The van der Waals surface area contributed by atoms with E-state index in [0.717, 1.165) is 16.5 Å². The number of aryl methyl sites for hydroxylation is 1. The first kappa shape index (κ1) is 16.5. The molecule has 3 rings (SSSR count). The molecule has 0 unspecified atom stereocenters. The van der Waals surface area contributed by atoms with Gasteiger partial charge in [-0.1, -0.05) is 60.2 Å². The Kier molecular flexibility index (Phi) is 5.16. The molecule has 0 saturated carbocycles. The highest BCUT2D eigenvalue weighted by molar-refractivity contribution is 9.10. The fraction of sp³-hybridized carbons (Fsp3) is 0.150. The summed E-state index contributed by atoms with van der Waals surface area (Å²) in [6, 6.07) is 20.2. The van der Waals surface area contributed by atoms with Crippen LogP contribution in [-0.2, 0) is 6.42 Å². The highest BCUT2D eigenvalue weighted by atomic mass is 79.9. The molecule has 0 saturated heterocycles. The monoisotopic (exact) mass is 382 g/mol. The smallest absolute Gasteiger partial charge is 0.268 e. The number of benzene rings is 2. The van der Waals surface area contributed by atoms with Crippen LogP contribution >= 0.6 is 15.9 Å². The van der Waals surface area contributed by atoms with Crippen molar-refractivity contribution in [2.75, 3.05) is 0 Å². The normalized spacial score (nSPS) is 11.9. The van der Waals surface area contributed by atoms with Crippen molar-refractivity contribution in [1.82, 2.24) is 10.3 Å². The quantitative estimate of drug-likeness (QED) is 0.653. The molecule has 0 aliphatic carbocycles. The van der Waals surface area contributed by atoms with Gasteiger partial charge in [0.1, 0.15) is 5.69 Å². The van der Waals surface area contributed by atoms with Gasteiger partial charge in [-0.15, -0.1) is 0 Å². The first-order valence-corrected chi connectivity index (χ1v) is 8.66. The zero-order valence-electron chi connectivity index (χ0n) is 13.4. The molecule has 3 nitrogen and oxygen atoms in total. The topological polar surface area (TPSA) is 44.9 Å². The zero-order chi connectivity index (χ0) is 16.9. The first-order valence-electron chi connectivity index (χ1n) is 7.87. The molecule has 3 aromatic rings. The molecule has 0 fully saturated rings. The number of hydrogen-bond acceptors (Lipinski definition) is 1. The number of amides is 1. The van der Waals surface area contributed by atoms with Crippen molar-refractivity contribution >= 4 is 21.8 Å². The summed E-state index contributed by atoms with van der Waals surface area (Å²) < 4.78 is 0.863. The van der Waals surface area contributed by atoms with Crippen LogP contribution in [0.1, 0.15) is 33.2 Å². The summed E-state index contributed by atoms with van der Waals surface area (Å²) in [4.78, 5) is 15.5. The molecule has 0 radical (unpaired) electrons. The van der Waals surface area contributed by atoms with Crippen LogP contribution in [-0.4, -0.2) is 10.9 Å². The maximum Gasteiger partial charge on any atom is 0.268 e. The third-order valence-electron chi connectivity index (χ3n) is 3.96. The summed E-state index contributed by atoms with van der Waals surface area (Å²) in [7, 11) is 0. The average molecular weight is 383 g/mol. The Hall–Kier alpha value is -2.33. The molecule has 2 N–H and O–H groups in total. The second kappa shape index (κ2) is 7.49. The third-order valence-corrected chi connectivity index (χ3v) is 4.42. The maximum absolute atomic E-state index is 12.5. The Morgan fingerprint density at radius 1 is 1.12 bits per heavy atom. The van der Waals surface area contributed by atoms with Crippen molar-refractivity contribution < 1.29 is 4.79 Å². The first-order chi connectivity index (χ1) is 11.6. The lowest BCUT2D eigenvalue weighted by Gasteiger charge is -2.19. The molecule has 1 aromatic heterocycles. The van der Waals surface area contributed by atoms with Crippen molar-refractivity contribution in [2.45, 2.75) is 19.4 Å². The van der Waals surface area contributed by atoms with E-state index in [1.54, 1.807) is 12.3 Å². The number of carbonyl (C=O) groups is 1. The van der Waals surface area contributed by atoms with Gasteiger partial charge < -0.3 is 10.3 Å². The van der Waals surface area contributed by atoms with Crippen LogP contribution in [0.15, 0.2) is 71.3 Å². The van der Waals surface area contributed by atoms with Crippen molar-refractivity contribution in [2.24, 2.45) is 0 Å². The van der Waals surface area contributed by atoms with E-state index in [1.165, 1.54) is 11.1 Å². The predicted molar refractivity (Wildman–Crippen MR) is 100 cm³/mol. The van der Waals surface area contributed by atoms with Gasteiger partial charge >= 0.3 is 0 Å². The summed E-state index contributed by atoms with van der Waals surface area (Å²) >= 11 is 3.36. The fourth-order valence-corrected chi connectivity index (χ4v) is 2.98. The average Bonchev–Trinajstić information content (AvgIpc) is 3.03. The van der Waals surface area contributed by atoms with Crippen LogP contribution in [0.4, 0.5) is 0 Å². The lowest BCUT2D eigenvalue weighted by molar-refractivity contribution is 0.0932. The molecule has 0 aliphatic heterocycles. The minimum absolute atomic E-state index is 0.0801. The highest BCUT2D eigenvalue weighted by Gasteiger charge is 2.17. The van der Waals surface area contributed by atoms with E-state index in [-0.39, 0.29) is 11.9 Å².